The van der Waals surface area contributed by atoms with Crippen LogP contribution in [0.4, 0.5) is 4.79 Å². The summed E-state index contributed by atoms with van der Waals surface area (Å²) in [6.45, 7) is 9.55. The third-order valence-electron chi connectivity index (χ3n) is 3.49. The van der Waals surface area contributed by atoms with Crippen molar-refractivity contribution in [2.75, 3.05) is 6.54 Å². The van der Waals surface area contributed by atoms with Crippen LogP contribution in [0.2, 0.25) is 0 Å². The molecule has 0 saturated carbocycles. The van der Waals surface area contributed by atoms with Gasteiger partial charge in [0.2, 0.25) is 5.91 Å². The Bertz CT molecular complexity index is 473. The molecule has 1 aliphatic heterocycles. The lowest BCUT2D eigenvalue weighted by molar-refractivity contribution is -0.139. The summed E-state index contributed by atoms with van der Waals surface area (Å²) in [5.41, 5.74) is -0.646. The molecule has 0 aromatic heterocycles. The van der Waals surface area contributed by atoms with Gasteiger partial charge in [-0.1, -0.05) is 13.8 Å². The minimum absolute atomic E-state index is 0.198. The van der Waals surface area contributed by atoms with Crippen LogP contribution in [0.25, 0.3) is 0 Å². The van der Waals surface area contributed by atoms with E-state index in [0.29, 0.717) is 19.4 Å². The van der Waals surface area contributed by atoms with Crippen molar-refractivity contribution >= 4 is 18.0 Å². The molecule has 0 aromatic rings. The van der Waals surface area contributed by atoms with E-state index in [1.807, 2.05) is 13.8 Å². The molecule has 3 atom stereocenters. The maximum absolute atomic E-state index is 12.5. The molecule has 8 heteroatoms. The molecule has 3 unspecified atom stereocenters. The highest BCUT2D eigenvalue weighted by Crippen LogP contribution is 2.11. The monoisotopic (exact) mass is 343 g/mol. The van der Waals surface area contributed by atoms with Crippen LogP contribution in [-0.2, 0) is 14.3 Å². The van der Waals surface area contributed by atoms with Gasteiger partial charge in [-0.15, -0.1) is 0 Å². The third-order valence-corrected chi connectivity index (χ3v) is 3.49. The SMILES string of the molecule is CC(C)CC(NC(=O)OC(C)(C)C)C(=O)NC1CNC(C(=O)O)C1. The zero-order valence-corrected chi connectivity index (χ0v) is 15.0. The van der Waals surface area contributed by atoms with Crippen LogP contribution in [0.15, 0.2) is 0 Å². The highest BCUT2D eigenvalue weighted by Gasteiger charge is 2.32. The number of alkyl carbamates (subject to hydrolysis) is 1. The number of hydrogen-bond acceptors (Lipinski definition) is 5. The van der Waals surface area contributed by atoms with Crippen LogP contribution in [0.3, 0.4) is 0 Å². The summed E-state index contributed by atoms with van der Waals surface area (Å²) < 4.78 is 5.20. The minimum atomic E-state index is -0.933. The molecule has 0 radical (unpaired) electrons. The average molecular weight is 343 g/mol. The first-order chi connectivity index (χ1) is 11.0. The van der Waals surface area contributed by atoms with Crippen LogP contribution >= 0.6 is 0 Å². The highest BCUT2D eigenvalue weighted by molar-refractivity contribution is 5.86. The van der Waals surface area contributed by atoms with Crippen molar-refractivity contribution in [3.8, 4) is 0 Å². The lowest BCUT2D eigenvalue weighted by Crippen LogP contribution is -2.51. The van der Waals surface area contributed by atoms with Crippen LogP contribution in [0, 0.1) is 5.92 Å². The number of rotatable bonds is 6. The number of nitrogens with one attached hydrogen (secondary N) is 3. The molecule has 0 aromatic carbocycles. The Balaban J connectivity index is 2.62. The van der Waals surface area contributed by atoms with E-state index in [2.05, 4.69) is 16.0 Å². The standard InChI is InChI=1S/C16H29N3O5/c1-9(2)6-11(19-15(23)24-16(3,4)5)13(20)18-10-7-12(14(21)22)17-8-10/h9-12,17H,6-8H2,1-5H3,(H,18,20)(H,19,23)(H,21,22). The zero-order chi connectivity index (χ0) is 18.5. The molecule has 138 valence electrons. The van der Waals surface area contributed by atoms with Gasteiger partial charge >= 0.3 is 12.1 Å². The van der Waals surface area contributed by atoms with Gasteiger partial charge in [0.25, 0.3) is 0 Å². The molecule has 1 aliphatic rings. The minimum Gasteiger partial charge on any atom is -0.480 e. The summed E-state index contributed by atoms with van der Waals surface area (Å²) >= 11 is 0. The van der Waals surface area contributed by atoms with Crippen LogP contribution in [0.1, 0.15) is 47.5 Å². The topological polar surface area (TPSA) is 117 Å². The first-order valence-corrected chi connectivity index (χ1v) is 8.24. The van der Waals surface area contributed by atoms with Crippen LogP contribution in [-0.4, -0.2) is 53.3 Å². The summed E-state index contributed by atoms with van der Waals surface area (Å²) in [5, 5.41) is 17.2. The second-order valence-electron chi connectivity index (χ2n) is 7.57. The first kappa shape index (κ1) is 20.2. The zero-order valence-electron chi connectivity index (χ0n) is 15.0. The van der Waals surface area contributed by atoms with Crippen molar-refractivity contribution in [2.24, 2.45) is 5.92 Å². The number of carboxylic acid groups (broad SMARTS) is 1. The Hall–Kier alpha value is -1.83. The van der Waals surface area contributed by atoms with Crippen molar-refractivity contribution in [2.45, 2.75) is 71.2 Å². The van der Waals surface area contributed by atoms with Gasteiger partial charge in [0.05, 0.1) is 0 Å². The maximum Gasteiger partial charge on any atom is 0.408 e. The maximum atomic E-state index is 12.5. The number of carboxylic acids is 1. The van der Waals surface area contributed by atoms with E-state index in [0.717, 1.165) is 0 Å². The van der Waals surface area contributed by atoms with Gasteiger partial charge in [-0.3, -0.25) is 9.59 Å². The van der Waals surface area contributed by atoms with Gasteiger partial charge in [0, 0.05) is 12.6 Å². The number of ether oxygens (including phenoxy) is 1. The van der Waals surface area contributed by atoms with Crippen molar-refractivity contribution in [1.29, 1.82) is 0 Å². The van der Waals surface area contributed by atoms with E-state index >= 15 is 0 Å². The first-order valence-electron chi connectivity index (χ1n) is 8.24. The molecule has 8 nitrogen and oxygen atoms in total. The van der Waals surface area contributed by atoms with Gasteiger partial charge in [0.15, 0.2) is 0 Å². The summed E-state index contributed by atoms with van der Waals surface area (Å²) in [5.74, 6) is -1.06. The van der Waals surface area contributed by atoms with E-state index in [-0.39, 0.29) is 17.9 Å². The number of carbonyl (C=O) groups excluding carboxylic acids is 2. The quantitative estimate of drug-likeness (QED) is 0.568. The van der Waals surface area contributed by atoms with Crippen molar-refractivity contribution in [3.05, 3.63) is 0 Å². The molecule has 2 amide bonds. The molecule has 1 heterocycles. The Morgan fingerprint density at radius 3 is 2.38 bits per heavy atom. The van der Waals surface area contributed by atoms with Crippen molar-refractivity contribution in [1.82, 2.24) is 16.0 Å². The van der Waals surface area contributed by atoms with Crippen LogP contribution in [0.5, 0.6) is 0 Å². The molecule has 1 saturated heterocycles. The van der Waals surface area contributed by atoms with Gasteiger partial charge < -0.3 is 25.8 Å². The number of aliphatic carboxylic acids is 1. The van der Waals surface area contributed by atoms with Crippen molar-refractivity contribution in [3.63, 3.8) is 0 Å². The van der Waals surface area contributed by atoms with Gasteiger partial charge in [0.1, 0.15) is 17.7 Å². The number of amides is 2. The highest BCUT2D eigenvalue weighted by atomic mass is 16.6. The second kappa shape index (κ2) is 8.32. The molecule has 0 aliphatic carbocycles. The summed E-state index contributed by atoms with van der Waals surface area (Å²) in [6, 6.07) is -1.64. The fourth-order valence-electron chi connectivity index (χ4n) is 2.49. The number of hydrogen-bond donors (Lipinski definition) is 4. The molecular formula is C16H29N3O5. The van der Waals surface area contributed by atoms with E-state index < -0.39 is 29.7 Å². The summed E-state index contributed by atoms with van der Waals surface area (Å²) in [4.78, 5) is 35.3. The lowest BCUT2D eigenvalue weighted by Gasteiger charge is -2.25. The lowest BCUT2D eigenvalue weighted by atomic mass is 10.0. The fourth-order valence-corrected chi connectivity index (χ4v) is 2.49. The van der Waals surface area contributed by atoms with Gasteiger partial charge in [-0.05, 0) is 39.5 Å². The molecule has 1 rings (SSSR count). The van der Waals surface area contributed by atoms with Gasteiger partial charge in [-0.2, -0.15) is 0 Å². The molecule has 1 fully saturated rings. The number of carbonyl (C=O) groups is 3. The fraction of sp³-hybridized carbons (Fsp3) is 0.812. The molecule has 24 heavy (non-hydrogen) atoms. The normalized spacial score (nSPS) is 22.1. The van der Waals surface area contributed by atoms with Gasteiger partial charge in [-0.25, -0.2) is 4.79 Å². The smallest absolute Gasteiger partial charge is 0.408 e. The Morgan fingerprint density at radius 1 is 1.29 bits per heavy atom. The summed E-state index contributed by atoms with van der Waals surface area (Å²) in [7, 11) is 0. The summed E-state index contributed by atoms with van der Waals surface area (Å²) in [6.07, 6.45) is 0.145. The second-order valence-corrected chi connectivity index (χ2v) is 7.57. The average Bonchev–Trinajstić information content (AvgIpc) is 2.83. The molecule has 0 spiro atoms. The third kappa shape index (κ3) is 7.16. The van der Waals surface area contributed by atoms with Crippen molar-refractivity contribution < 1.29 is 24.2 Å². The van der Waals surface area contributed by atoms with E-state index in [1.54, 1.807) is 20.8 Å². The van der Waals surface area contributed by atoms with E-state index in [9.17, 15) is 14.4 Å². The Labute approximate surface area is 142 Å². The predicted molar refractivity (Wildman–Crippen MR) is 88.6 cm³/mol. The van der Waals surface area contributed by atoms with E-state index in [1.165, 1.54) is 0 Å². The molecular weight excluding hydrogens is 314 g/mol. The van der Waals surface area contributed by atoms with Crippen LogP contribution < -0.4 is 16.0 Å². The molecule has 4 N–H and O–H groups in total. The Kier molecular flexibility index (Phi) is 7.01. The predicted octanol–water partition coefficient (Wildman–Crippen LogP) is 0.857. The molecule has 0 bridgehead atoms. The van der Waals surface area contributed by atoms with E-state index in [4.69, 9.17) is 9.84 Å². The Morgan fingerprint density at radius 2 is 1.92 bits per heavy atom. The largest absolute Gasteiger partial charge is 0.480 e.